The average molecular weight is 599 g/mol. The Balaban J connectivity index is 3.36. The molecule has 0 aliphatic heterocycles. The molecule has 0 saturated heterocycles. The van der Waals surface area contributed by atoms with Crippen LogP contribution in [0.2, 0.25) is 0 Å². The Morgan fingerprint density at radius 2 is 0.675 bits per heavy atom. The molecule has 0 amide bonds. The molecule has 0 saturated carbocycles. The molecule has 0 radical (unpaired) electrons. The van der Waals surface area contributed by atoms with E-state index in [1.54, 1.807) is 6.92 Å². The molecule has 0 bridgehead atoms. The number of rotatable bonds is 34. The van der Waals surface area contributed by atoms with E-state index in [0.717, 1.165) is 23.3 Å². The molecule has 0 aromatic carbocycles. The largest absolute Gasteiger partial charge is 0.300 e. The van der Waals surface area contributed by atoms with Crippen molar-refractivity contribution in [1.82, 2.24) is 0 Å². The lowest BCUT2D eigenvalue weighted by Crippen LogP contribution is -2.19. The van der Waals surface area contributed by atoms with E-state index in [2.05, 4.69) is 43.0 Å². The second kappa shape index (κ2) is 33.9. The fraction of sp³-hybridized carbons (Fsp3) is 0.973. The second-order valence-corrected chi connectivity index (χ2v) is 14.9. The van der Waals surface area contributed by atoms with Gasteiger partial charge in [0.05, 0.1) is 0 Å². The minimum atomic E-state index is 0.351. The number of ketones is 1. The van der Waals surface area contributed by atoms with Crippen LogP contribution in [0, 0.1) is 0 Å². The van der Waals surface area contributed by atoms with Gasteiger partial charge >= 0.3 is 0 Å². The molecular formula is C37H74OS2. The molecule has 2 atom stereocenters. The van der Waals surface area contributed by atoms with E-state index in [9.17, 15) is 4.79 Å². The lowest BCUT2D eigenvalue weighted by Gasteiger charge is -2.24. The summed E-state index contributed by atoms with van der Waals surface area (Å²) in [6, 6.07) is 0. The van der Waals surface area contributed by atoms with Crippen molar-refractivity contribution in [2.45, 2.75) is 217 Å². The fourth-order valence-electron chi connectivity index (χ4n) is 6.12. The Morgan fingerprint density at radius 1 is 0.425 bits per heavy atom. The SMILES string of the molecule is CCCCCCCCC(SC)C(CCCCCCCCCCCCCCCCCCCCCCCC(C)=O)SC. The van der Waals surface area contributed by atoms with Gasteiger partial charge in [0.15, 0.2) is 0 Å². The zero-order valence-corrected chi connectivity index (χ0v) is 29.7. The van der Waals surface area contributed by atoms with E-state index in [0.29, 0.717) is 5.78 Å². The third-order valence-electron chi connectivity index (χ3n) is 8.88. The molecule has 0 heterocycles. The highest BCUT2D eigenvalue weighted by molar-refractivity contribution is 8.03. The minimum absolute atomic E-state index is 0.351. The van der Waals surface area contributed by atoms with Crippen molar-refractivity contribution in [2.24, 2.45) is 0 Å². The molecule has 0 aromatic heterocycles. The van der Waals surface area contributed by atoms with Crippen LogP contribution >= 0.6 is 23.5 Å². The number of Topliss-reactive ketones (excluding diaryl/α,β-unsaturated/α-hetero) is 1. The Labute approximate surface area is 262 Å². The summed E-state index contributed by atoms with van der Waals surface area (Å²) in [6.07, 6.45) is 46.7. The van der Waals surface area contributed by atoms with Gasteiger partial charge in [0.2, 0.25) is 0 Å². The van der Waals surface area contributed by atoms with Crippen LogP contribution in [0.5, 0.6) is 0 Å². The van der Waals surface area contributed by atoms with Gasteiger partial charge < -0.3 is 4.79 Å². The zero-order valence-electron chi connectivity index (χ0n) is 28.1. The van der Waals surface area contributed by atoms with Gasteiger partial charge in [-0.3, -0.25) is 0 Å². The Morgan fingerprint density at radius 3 is 0.925 bits per heavy atom. The third kappa shape index (κ3) is 29.8. The summed E-state index contributed by atoms with van der Waals surface area (Å²) in [6.45, 7) is 4.02. The lowest BCUT2D eigenvalue weighted by molar-refractivity contribution is -0.117. The van der Waals surface area contributed by atoms with E-state index in [1.807, 2.05) is 0 Å². The molecule has 2 unspecified atom stereocenters. The van der Waals surface area contributed by atoms with Crippen molar-refractivity contribution < 1.29 is 4.79 Å². The van der Waals surface area contributed by atoms with Gasteiger partial charge in [0.25, 0.3) is 0 Å². The van der Waals surface area contributed by atoms with Gasteiger partial charge in [0.1, 0.15) is 5.78 Å². The third-order valence-corrected chi connectivity index (χ3v) is 11.4. The van der Waals surface area contributed by atoms with Crippen LogP contribution in [-0.2, 0) is 4.79 Å². The molecule has 0 fully saturated rings. The number of unbranched alkanes of at least 4 members (excludes halogenated alkanes) is 25. The average Bonchev–Trinajstić information content (AvgIpc) is 2.95. The Bertz CT molecular complexity index is 495. The summed E-state index contributed by atoms with van der Waals surface area (Å²) in [4.78, 5) is 10.9. The van der Waals surface area contributed by atoms with Crippen molar-refractivity contribution in [3.05, 3.63) is 0 Å². The van der Waals surface area contributed by atoms with E-state index >= 15 is 0 Å². The summed E-state index contributed by atoms with van der Waals surface area (Å²) in [7, 11) is 0. The zero-order chi connectivity index (χ0) is 29.4. The molecule has 240 valence electrons. The predicted octanol–water partition coefficient (Wildman–Crippen LogP) is 13.8. The molecular weight excluding hydrogens is 525 g/mol. The first-order chi connectivity index (χ1) is 19.7. The van der Waals surface area contributed by atoms with Crippen LogP contribution in [0.3, 0.4) is 0 Å². The van der Waals surface area contributed by atoms with Gasteiger partial charge in [0, 0.05) is 16.9 Å². The number of carbonyl (C=O) groups excluding carboxylic acids is 1. The molecule has 0 N–H and O–H groups in total. The van der Waals surface area contributed by atoms with Gasteiger partial charge in [-0.05, 0) is 38.7 Å². The predicted molar refractivity (Wildman–Crippen MR) is 189 cm³/mol. The number of thioether (sulfide) groups is 2. The number of carbonyl (C=O) groups is 1. The topological polar surface area (TPSA) is 17.1 Å². The number of hydrogen-bond donors (Lipinski definition) is 0. The maximum absolute atomic E-state index is 10.9. The van der Waals surface area contributed by atoms with Gasteiger partial charge in [-0.1, -0.05) is 174 Å². The summed E-state index contributed by atoms with van der Waals surface area (Å²) >= 11 is 4.27. The monoisotopic (exact) mass is 599 g/mol. The second-order valence-electron chi connectivity index (χ2n) is 12.8. The van der Waals surface area contributed by atoms with Gasteiger partial charge in [-0.2, -0.15) is 23.5 Å². The van der Waals surface area contributed by atoms with Crippen molar-refractivity contribution in [1.29, 1.82) is 0 Å². The van der Waals surface area contributed by atoms with E-state index in [-0.39, 0.29) is 0 Å². The van der Waals surface area contributed by atoms with Crippen LogP contribution < -0.4 is 0 Å². The highest BCUT2D eigenvalue weighted by Crippen LogP contribution is 2.30. The van der Waals surface area contributed by atoms with Crippen LogP contribution in [0.1, 0.15) is 206 Å². The molecule has 0 aliphatic rings. The minimum Gasteiger partial charge on any atom is -0.300 e. The first kappa shape index (κ1) is 40.4. The van der Waals surface area contributed by atoms with Crippen LogP contribution in [-0.4, -0.2) is 28.8 Å². The molecule has 0 spiro atoms. The first-order valence-electron chi connectivity index (χ1n) is 18.2. The van der Waals surface area contributed by atoms with Crippen LogP contribution in [0.4, 0.5) is 0 Å². The summed E-state index contributed by atoms with van der Waals surface area (Å²) in [5.74, 6) is 0.351. The normalized spacial score (nSPS) is 13.1. The van der Waals surface area contributed by atoms with Crippen molar-refractivity contribution in [3.8, 4) is 0 Å². The van der Waals surface area contributed by atoms with Gasteiger partial charge in [-0.25, -0.2) is 0 Å². The standard InChI is InChI=1S/C37H74OS2/c1-5-6-7-8-27-30-33-36(39-3)37(40-4)34-31-28-25-23-21-19-17-15-13-11-9-10-12-14-16-18-20-22-24-26-29-32-35(2)38/h36-37H,5-34H2,1-4H3. The first-order valence-corrected chi connectivity index (χ1v) is 20.8. The van der Waals surface area contributed by atoms with E-state index in [1.165, 1.54) is 180 Å². The van der Waals surface area contributed by atoms with E-state index in [4.69, 9.17) is 0 Å². The summed E-state index contributed by atoms with van der Waals surface area (Å²) < 4.78 is 0. The molecule has 0 aromatic rings. The Hall–Kier alpha value is 0.370. The molecule has 1 nitrogen and oxygen atoms in total. The van der Waals surface area contributed by atoms with Crippen molar-refractivity contribution in [2.75, 3.05) is 12.5 Å². The number of hydrogen-bond acceptors (Lipinski definition) is 3. The molecule has 0 rings (SSSR count). The highest BCUT2D eigenvalue weighted by Gasteiger charge is 2.19. The van der Waals surface area contributed by atoms with Crippen molar-refractivity contribution in [3.63, 3.8) is 0 Å². The van der Waals surface area contributed by atoms with Crippen LogP contribution in [0.15, 0.2) is 0 Å². The quantitative estimate of drug-likeness (QED) is 0.0686. The highest BCUT2D eigenvalue weighted by atomic mass is 32.2. The van der Waals surface area contributed by atoms with Gasteiger partial charge in [-0.15, -0.1) is 0 Å². The molecule has 3 heteroatoms. The summed E-state index contributed by atoms with van der Waals surface area (Å²) in [5, 5.41) is 1.74. The van der Waals surface area contributed by atoms with E-state index < -0.39 is 0 Å². The lowest BCUT2D eigenvalue weighted by atomic mass is 10.0. The molecule has 40 heavy (non-hydrogen) atoms. The maximum atomic E-state index is 10.9. The van der Waals surface area contributed by atoms with Crippen LogP contribution in [0.25, 0.3) is 0 Å². The summed E-state index contributed by atoms with van der Waals surface area (Å²) in [5.41, 5.74) is 0. The van der Waals surface area contributed by atoms with Crippen molar-refractivity contribution >= 4 is 29.3 Å². The maximum Gasteiger partial charge on any atom is 0.129 e. The smallest absolute Gasteiger partial charge is 0.129 e. The fourth-order valence-corrected chi connectivity index (χ4v) is 8.47. The molecule has 0 aliphatic carbocycles. The Kier molecular flexibility index (Phi) is 34.2.